The monoisotopic (exact) mass is 326 g/mol. The van der Waals surface area contributed by atoms with E-state index in [1.165, 1.54) is 6.92 Å². The highest BCUT2D eigenvalue weighted by Crippen LogP contribution is 2.38. The Morgan fingerprint density at radius 2 is 1.83 bits per heavy atom. The summed E-state index contributed by atoms with van der Waals surface area (Å²) in [5.41, 5.74) is 1.17. The van der Waals surface area contributed by atoms with Crippen LogP contribution < -0.4 is 5.32 Å². The third-order valence-electron chi connectivity index (χ3n) is 4.52. The summed E-state index contributed by atoms with van der Waals surface area (Å²) < 4.78 is 12.2. The molecule has 0 radical (unpaired) electrons. The third kappa shape index (κ3) is 3.86. The number of amides is 1. The number of nitrogens with one attached hydrogen (secondary N) is 1. The largest absolute Gasteiger partial charge is 0.492 e. The predicted octanol–water partition coefficient (Wildman–Crippen LogP) is 2.71. The Balaban J connectivity index is 2.38. The van der Waals surface area contributed by atoms with Gasteiger partial charge in [-0.25, -0.2) is 0 Å². The first-order valence-electron chi connectivity index (χ1n) is 7.96. The molecule has 1 fully saturated rings. The molecule has 0 aliphatic carbocycles. The molecule has 0 atom stereocenters. The second-order valence-corrected chi connectivity index (χ2v) is 6.92. The van der Waals surface area contributed by atoms with Gasteiger partial charge in [-0.1, -0.05) is 24.3 Å². The first-order valence-corrected chi connectivity index (χ1v) is 7.96. The zero-order valence-electron chi connectivity index (χ0n) is 14.8. The molecule has 1 aromatic carbocycles. The summed E-state index contributed by atoms with van der Waals surface area (Å²) in [4.78, 5) is 11.3. The van der Waals surface area contributed by atoms with E-state index in [-0.39, 0.29) is 5.91 Å². The van der Waals surface area contributed by atoms with Crippen LogP contribution in [0.25, 0.3) is 6.08 Å². The van der Waals surface area contributed by atoms with Crippen molar-refractivity contribution in [2.45, 2.75) is 45.8 Å². The molecule has 1 aromatic rings. The normalized spacial score (nSPS) is 19.0. The topological polar surface area (TPSA) is 71.4 Å². The minimum Gasteiger partial charge on any atom is -0.400 e. The van der Waals surface area contributed by atoms with E-state index in [0.29, 0.717) is 12.1 Å². The van der Waals surface area contributed by atoms with Gasteiger partial charge in [0.15, 0.2) is 0 Å². The lowest BCUT2D eigenvalue weighted by molar-refractivity contribution is -0.118. The predicted molar refractivity (Wildman–Crippen MR) is 93.9 cm³/mol. The summed E-state index contributed by atoms with van der Waals surface area (Å²) in [5.74, 6) is -0.133. The van der Waals surface area contributed by atoms with Gasteiger partial charge in [-0.05, 0) is 44.8 Å². The van der Waals surface area contributed by atoms with Crippen LogP contribution in [-0.2, 0) is 14.1 Å². The number of nitrogens with zero attached hydrogens (tertiary/aromatic N) is 1. The van der Waals surface area contributed by atoms with Gasteiger partial charge in [-0.15, -0.1) is 0 Å². The lowest BCUT2D eigenvalue weighted by atomic mass is 9.76. The number of hydrogen-bond donors (Lipinski definition) is 1. The Hall–Kier alpha value is -2.10. The molecule has 24 heavy (non-hydrogen) atoms. The van der Waals surface area contributed by atoms with Gasteiger partial charge >= 0.3 is 7.12 Å². The lowest BCUT2D eigenvalue weighted by Gasteiger charge is -2.32. The van der Waals surface area contributed by atoms with Crippen molar-refractivity contribution in [1.82, 2.24) is 5.32 Å². The van der Waals surface area contributed by atoms with Crippen molar-refractivity contribution < 1.29 is 14.1 Å². The molecule has 1 saturated heterocycles. The molecule has 1 amide bonds. The van der Waals surface area contributed by atoms with Gasteiger partial charge in [0.1, 0.15) is 0 Å². The Bertz CT molecular complexity index is 688. The molecule has 0 bridgehead atoms. The highest BCUT2D eigenvalue weighted by atomic mass is 16.7. The van der Waals surface area contributed by atoms with Crippen molar-refractivity contribution in [2.24, 2.45) is 0 Å². The zero-order chi connectivity index (χ0) is 18.0. The summed E-state index contributed by atoms with van der Waals surface area (Å²) in [5, 5.41) is 12.1. The van der Waals surface area contributed by atoms with Crippen molar-refractivity contribution in [2.75, 3.05) is 6.54 Å². The van der Waals surface area contributed by atoms with Crippen LogP contribution in [0.5, 0.6) is 0 Å². The van der Waals surface area contributed by atoms with E-state index in [0.717, 1.165) is 11.0 Å². The van der Waals surface area contributed by atoms with Crippen LogP contribution in [-0.4, -0.2) is 30.8 Å². The summed E-state index contributed by atoms with van der Waals surface area (Å²) in [6, 6.07) is 9.48. The molecule has 0 aromatic heterocycles. The molecular formula is C18H23BN2O3. The van der Waals surface area contributed by atoms with Crippen molar-refractivity contribution in [3.05, 3.63) is 40.9 Å². The third-order valence-corrected chi connectivity index (χ3v) is 4.52. The maximum atomic E-state index is 11.3. The molecule has 0 spiro atoms. The number of benzene rings is 1. The number of hydrogen-bond acceptors (Lipinski definition) is 4. The maximum Gasteiger partial charge on any atom is 0.492 e. The van der Waals surface area contributed by atoms with Crippen LogP contribution in [0.15, 0.2) is 29.7 Å². The van der Waals surface area contributed by atoms with Gasteiger partial charge < -0.3 is 14.6 Å². The van der Waals surface area contributed by atoms with Crippen molar-refractivity contribution in [3.63, 3.8) is 0 Å². The van der Waals surface area contributed by atoms with Gasteiger partial charge in [-0.2, -0.15) is 5.26 Å². The van der Waals surface area contributed by atoms with E-state index in [1.807, 2.05) is 52.0 Å². The lowest BCUT2D eigenvalue weighted by Crippen LogP contribution is -2.41. The van der Waals surface area contributed by atoms with E-state index in [2.05, 4.69) is 11.4 Å². The minimum absolute atomic E-state index is 0.133. The van der Waals surface area contributed by atoms with Gasteiger partial charge in [-0.3, -0.25) is 4.79 Å². The van der Waals surface area contributed by atoms with Crippen LogP contribution in [0, 0.1) is 11.3 Å². The van der Waals surface area contributed by atoms with Crippen LogP contribution >= 0.6 is 0 Å². The Kier molecular flexibility index (Phi) is 5.17. The van der Waals surface area contributed by atoms with Crippen molar-refractivity contribution in [3.8, 4) is 6.07 Å². The highest BCUT2D eigenvalue weighted by molar-refractivity contribution is 6.56. The van der Waals surface area contributed by atoms with E-state index >= 15 is 0 Å². The van der Waals surface area contributed by atoms with E-state index in [9.17, 15) is 10.1 Å². The Morgan fingerprint density at radius 1 is 1.25 bits per heavy atom. The zero-order valence-corrected chi connectivity index (χ0v) is 14.8. The van der Waals surface area contributed by atoms with Gasteiger partial charge in [0.2, 0.25) is 5.91 Å². The molecule has 1 heterocycles. The van der Waals surface area contributed by atoms with Crippen molar-refractivity contribution in [1.29, 1.82) is 5.26 Å². The van der Waals surface area contributed by atoms with E-state index < -0.39 is 18.3 Å². The average Bonchev–Trinajstić information content (AvgIpc) is 2.71. The molecule has 0 saturated carbocycles. The summed E-state index contributed by atoms with van der Waals surface area (Å²) in [6.45, 7) is 9.67. The van der Waals surface area contributed by atoms with Crippen LogP contribution in [0.2, 0.25) is 0 Å². The molecule has 126 valence electrons. The molecule has 6 heteroatoms. The second kappa shape index (κ2) is 6.80. The number of nitriles is 1. The summed E-state index contributed by atoms with van der Waals surface area (Å²) in [7, 11) is -0.575. The summed E-state index contributed by atoms with van der Waals surface area (Å²) >= 11 is 0. The van der Waals surface area contributed by atoms with E-state index in [1.54, 1.807) is 6.07 Å². The number of carbonyl (C=O) groups excluding carboxylic acids is 1. The smallest absolute Gasteiger partial charge is 0.400 e. The first kappa shape index (κ1) is 18.2. The number of carbonyl (C=O) groups is 1. The fourth-order valence-corrected chi connectivity index (χ4v) is 2.35. The standard InChI is InChI=1S/C18H23BN2O3/c1-13(22)21-12-16(10-14-8-6-7-9-15(14)11-20)19-23-17(2,3)18(4,5)24-19/h6-10H,12H2,1-5H3,(H,21,22). The molecule has 1 aliphatic heterocycles. The first-order chi connectivity index (χ1) is 11.2. The minimum atomic E-state index is -0.575. The van der Waals surface area contributed by atoms with E-state index in [4.69, 9.17) is 9.31 Å². The quantitative estimate of drug-likeness (QED) is 0.864. The average molecular weight is 326 g/mol. The van der Waals surface area contributed by atoms with Crippen molar-refractivity contribution >= 4 is 19.1 Å². The molecule has 1 N–H and O–H groups in total. The SMILES string of the molecule is CC(=O)NCC(=Cc1ccccc1C#N)B1OC(C)(C)C(C)(C)O1. The fourth-order valence-electron chi connectivity index (χ4n) is 2.35. The van der Waals surface area contributed by atoms with Gasteiger partial charge in [0.05, 0.1) is 22.8 Å². The molecule has 2 rings (SSSR count). The summed E-state index contributed by atoms with van der Waals surface area (Å²) in [6.07, 6.45) is 1.86. The second-order valence-electron chi connectivity index (χ2n) is 6.92. The van der Waals surface area contributed by atoms with Gasteiger partial charge in [0, 0.05) is 13.5 Å². The maximum absolute atomic E-state index is 11.3. The Morgan fingerprint density at radius 3 is 2.38 bits per heavy atom. The highest BCUT2D eigenvalue weighted by Gasteiger charge is 2.52. The molecule has 1 aliphatic rings. The number of rotatable bonds is 4. The van der Waals surface area contributed by atoms with Gasteiger partial charge in [0.25, 0.3) is 0 Å². The Labute approximate surface area is 143 Å². The van der Waals surface area contributed by atoms with Crippen LogP contribution in [0.3, 0.4) is 0 Å². The fraction of sp³-hybridized carbons (Fsp3) is 0.444. The van der Waals surface area contributed by atoms with Crippen LogP contribution in [0.1, 0.15) is 45.7 Å². The molecule has 0 unspecified atom stereocenters. The molecule has 5 nitrogen and oxygen atoms in total. The van der Waals surface area contributed by atoms with Crippen LogP contribution in [0.4, 0.5) is 0 Å². The molecular weight excluding hydrogens is 303 g/mol.